The summed E-state index contributed by atoms with van der Waals surface area (Å²) in [7, 11) is 0. The molecule has 1 heterocycles. The zero-order valence-corrected chi connectivity index (χ0v) is 10.9. The molecule has 22 heavy (non-hydrogen) atoms. The number of carbonyl (C=O) groups excluding carboxylic acids is 1. The number of alkyl halides is 3. The zero-order chi connectivity index (χ0) is 15.9. The average Bonchev–Trinajstić information content (AvgIpc) is 2.69. The Balaban J connectivity index is 2.05. The number of fused-ring (bicyclic) bond motifs is 1. The molecule has 1 aromatic heterocycles. The number of nitriles is 1. The molecule has 0 N–H and O–H groups in total. The SMILES string of the molecule is N#Cc1cncc(Oc2cccc3c2[C@@H](F)C(F)(F)C3=O)c1. The Morgan fingerprint density at radius 2 is 2.09 bits per heavy atom. The van der Waals surface area contributed by atoms with E-state index in [1.54, 1.807) is 0 Å². The minimum absolute atomic E-state index is 0.0855. The van der Waals surface area contributed by atoms with Gasteiger partial charge in [0.25, 0.3) is 0 Å². The average molecular weight is 304 g/mol. The lowest BCUT2D eigenvalue weighted by Crippen LogP contribution is -2.26. The Morgan fingerprint density at radius 1 is 1.32 bits per heavy atom. The summed E-state index contributed by atoms with van der Waals surface area (Å²) >= 11 is 0. The molecule has 1 aliphatic carbocycles. The van der Waals surface area contributed by atoms with Crippen LogP contribution >= 0.6 is 0 Å². The molecular formula is C15H7F3N2O2. The lowest BCUT2D eigenvalue weighted by Gasteiger charge is -2.13. The number of hydrogen-bond acceptors (Lipinski definition) is 4. The molecule has 4 nitrogen and oxygen atoms in total. The highest BCUT2D eigenvalue weighted by Gasteiger charge is 2.57. The number of nitrogens with zero attached hydrogens (tertiary/aromatic N) is 2. The van der Waals surface area contributed by atoms with Gasteiger partial charge in [0.15, 0.2) is 0 Å². The molecule has 3 rings (SSSR count). The predicted molar refractivity (Wildman–Crippen MR) is 68.6 cm³/mol. The van der Waals surface area contributed by atoms with Gasteiger partial charge in [0, 0.05) is 23.4 Å². The highest BCUT2D eigenvalue weighted by atomic mass is 19.3. The first-order chi connectivity index (χ1) is 10.4. The molecule has 7 heteroatoms. The van der Waals surface area contributed by atoms with Gasteiger partial charge in [-0.05, 0) is 6.07 Å². The molecule has 1 atom stereocenters. The summed E-state index contributed by atoms with van der Waals surface area (Å²) in [6, 6.07) is 6.90. The van der Waals surface area contributed by atoms with Crippen LogP contribution in [0, 0.1) is 11.3 Å². The molecule has 1 aromatic carbocycles. The lowest BCUT2D eigenvalue weighted by molar-refractivity contribution is -0.0368. The highest BCUT2D eigenvalue weighted by Crippen LogP contribution is 2.49. The van der Waals surface area contributed by atoms with Gasteiger partial charge in [-0.25, -0.2) is 4.39 Å². The fraction of sp³-hybridized carbons (Fsp3) is 0.133. The molecule has 0 spiro atoms. The Hall–Kier alpha value is -2.88. The van der Waals surface area contributed by atoms with Crippen LogP contribution in [0.1, 0.15) is 27.7 Å². The molecule has 0 saturated carbocycles. The molecule has 0 bridgehead atoms. The topological polar surface area (TPSA) is 63.0 Å². The molecule has 0 unspecified atom stereocenters. The number of hydrogen-bond donors (Lipinski definition) is 0. The summed E-state index contributed by atoms with van der Waals surface area (Å²) in [5.41, 5.74) is -0.692. The first-order valence-electron chi connectivity index (χ1n) is 6.17. The number of Topliss-reactive ketones (excluding diaryl/α,β-unsaturated/α-hetero) is 1. The normalized spacial score (nSPS) is 18.6. The maximum atomic E-state index is 13.9. The van der Waals surface area contributed by atoms with Crippen molar-refractivity contribution in [3.05, 3.63) is 53.3 Å². The van der Waals surface area contributed by atoms with E-state index in [9.17, 15) is 18.0 Å². The Morgan fingerprint density at radius 3 is 2.82 bits per heavy atom. The van der Waals surface area contributed by atoms with E-state index in [0.717, 1.165) is 6.07 Å². The molecule has 0 fully saturated rings. The van der Waals surface area contributed by atoms with E-state index < -0.39 is 29.0 Å². The fourth-order valence-corrected chi connectivity index (χ4v) is 2.23. The summed E-state index contributed by atoms with van der Waals surface area (Å²) in [6.07, 6.45) is -0.223. The second-order valence-electron chi connectivity index (χ2n) is 4.66. The fourth-order valence-electron chi connectivity index (χ4n) is 2.23. The van der Waals surface area contributed by atoms with E-state index in [1.165, 1.54) is 30.6 Å². The minimum atomic E-state index is -4.10. The molecule has 0 saturated heterocycles. The monoisotopic (exact) mass is 304 g/mol. The Labute approximate surface area is 122 Å². The minimum Gasteiger partial charge on any atom is -0.455 e. The molecule has 0 radical (unpaired) electrons. The van der Waals surface area contributed by atoms with Crippen molar-refractivity contribution in [2.45, 2.75) is 12.1 Å². The second-order valence-corrected chi connectivity index (χ2v) is 4.66. The van der Waals surface area contributed by atoms with Gasteiger partial charge in [-0.1, -0.05) is 12.1 Å². The van der Waals surface area contributed by atoms with Gasteiger partial charge in [0.1, 0.15) is 17.6 Å². The number of ketones is 1. The number of halogens is 3. The van der Waals surface area contributed by atoms with E-state index in [4.69, 9.17) is 10.00 Å². The third-order valence-corrected chi connectivity index (χ3v) is 3.26. The summed E-state index contributed by atoms with van der Waals surface area (Å²) < 4.78 is 46.3. The summed E-state index contributed by atoms with van der Waals surface area (Å²) in [6.45, 7) is 0. The standard InChI is InChI=1S/C15H7F3N2O2/c16-13-12-10(14(21)15(13,17)18)2-1-3-11(12)22-9-4-8(5-19)6-20-7-9/h1-4,6-7,13H/t13-/m1/s1. The summed E-state index contributed by atoms with van der Waals surface area (Å²) in [5, 5.41) is 8.78. The van der Waals surface area contributed by atoms with Crippen molar-refractivity contribution in [2.24, 2.45) is 0 Å². The third-order valence-electron chi connectivity index (χ3n) is 3.26. The van der Waals surface area contributed by atoms with Crippen LogP contribution in [0.4, 0.5) is 13.2 Å². The first-order valence-corrected chi connectivity index (χ1v) is 6.17. The number of benzene rings is 1. The van der Waals surface area contributed by atoms with E-state index in [2.05, 4.69) is 4.98 Å². The van der Waals surface area contributed by atoms with Crippen LogP contribution in [-0.2, 0) is 0 Å². The van der Waals surface area contributed by atoms with Gasteiger partial charge in [-0.15, -0.1) is 0 Å². The lowest BCUT2D eigenvalue weighted by atomic mass is 10.1. The quantitative estimate of drug-likeness (QED) is 0.850. The molecule has 2 aromatic rings. The molecular weight excluding hydrogens is 297 g/mol. The molecule has 1 aliphatic rings. The van der Waals surface area contributed by atoms with Crippen molar-refractivity contribution in [1.82, 2.24) is 4.98 Å². The van der Waals surface area contributed by atoms with Crippen LogP contribution in [0.25, 0.3) is 0 Å². The van der Waals surface area contributed by atoms with Gasteiger partial charge in [0.2, 0.25) is 12.0 Å². The number of carbonyl (C=O) groups is 1. The van der Waals surface area contributed by atoms with Crippen molar-refractivity contribution >= 4 is 5.78 Å². The van der Waals surface area contributed by atoms with Crippen molar-refractivity contribution in [3.8, 4) is 17.6 Å². The van der Waals surface area contributed by atoms with Gasteiger partial charge >= 0.3 is 5.92 Å². The van der Waals surface area contributed by atoms with Crippen LogP contribution in [0.2, 0.25) is 0 Å². The number of ether oxygens (including phenoxy) is 1. The van der Waals surface area contributed by atoms with Crippen molar-refractivity contribution in [1.29, 1.82) is 5.26 Å². The van der Waals surface area contributed by atoms with Crippen LogP contribution in [0.3, 0.4) is 0 Å². The highest BCUT2D eigenvalue weighted by molar-refractivity contribution is 6.07. The molecule has 110 valence electrons. The van der Waals surface area contributed by atoms with Crippen LogP contribution < -0.4 is 4.74 Å². The number of aromatic nitrogens is 1. The number of pyridine rings is 1. The Bertz CT molecular complexity index is 815. The van der Waals surface area contributed by atoms with Gasteiger partial charge in [-0.3, -0.25) is 9.78 Å². The van der Waals surface area contributed by atoms with E-state index >= 15 is 0 Å². The third kappa shape index (κ3) is 2.00. The van der Waals surface area contributed by atoms with Gasteiger partial charge in [0.05, 0.1) is 11.8 Å². The zero-order valence-electron chi connectivity index (χ0n) is 10.9. The van der Waals surface area contributed by atoms with Gasteiger partial charge in [-0.2, -0.15) is 14.0 Å². The maximum absolute atomic E-state index is 13.9. The van der Waals surface area contributed by atoms with Crippen molar-refractivity contribution in [2.75, 3.05) is 0 Å². The Kier molecular flexibility index (Phi) is 3.10. The number of rotatable bonds is 2. The largest absolute Gasteiger partial charge is 0.455 e. The first kappa shape index (κ1) is 14.1. The van der Waals surface area contributed by atoms with E-state index in [1.807, 2.05) is 6.07 Å². The molecule has 0 aliphatic heterocycles. The predicted octanol–water partition coefficient (Wildman–Crippen LogP) is 3.59. The van der Waals surface area contributed by atoms with E-state index in [0.29, 0.717) is 0 Å². The molecule has 0 amide bonds. The van der Waals surface area contributed by atoms with Crippen LogP contribution in [0.15, 0.2) is 36.7 Å². The van der Waals surface area contributed by atoms with Crippen LogP contribution in [0.5, 0.6) is 11.5 Å². The van der Waals surface area contributed by atoms with E-state index in [-0.39, 0.29) is 17.1 Å². The van der Waals surface area contributed by atoms with Crippen molar-refractivity contribution in [3.63, 3.8) is 0 Å². The van der Waals surface area contributed by atoms with Crippen molar-refractivity contribution < 1.29 is 22.7 Å². The summed E-state index contributed by atoms with van der Waals surface area (Å²) in [5.74, 6) is -5.78. The second kappa shape index (κ2) is 4.84. The summed E-state index contributed by atoms with van der Waals surface area (Å²) in [4.78, 5) is 15.3. The smallest absolute Gasteiger partial charge is 0.344 e. The van der Waals surface area contributed by atoms with Crippen LogP contribution in [-0.4, -0.2) is 16.7 Å². The van der Waals surface area contributed by atoms with Gasteiger partial charge < -0.3 is 4.74 Å². The maximum Gasteiger partial charge on any atom is 0.344 e.